The molecule has 1 N–H and O–H groups in total. The maximum Gasteiger partial charge on any atom is 0.295 e. The molecule has 6 heteroatoms. The number of aliphatic hydroxyl groups is 1. The Hall–Kier alpha value is -3.93. The van der Waals surface area contributed by atoms with Crippen molar-refractivity contribution < 1.29 is 19.4 Å². The lowest BCUT2D eigenvalue weighted by Gasteiger charge is -2.26. The Balaban J connectivity index is 1.66. The van der Waals surface area contributed by atoms with Gasteiger partial charge in [-0.15, -0.1) is 0 Å². The molecular weight excluding hydrogens is 404 g/mol. The first-order chi connectivity index (χ1) is 15.5. The van der Waals surface area contributed by atoms with Crippen molar-refractivity contribution in [2.45, 2.75) is 25.9 Å². The Morgan fingerprint density at radius 1 is 1.16 bits per heavy atom. The molecule has 6 nitrogen and oxygen atoms in total. The van der Waals surface area contributed by atoms with E-state index in [0.717, 1.165) is 34.4 Å². The van der Waals surface area contributed by atoms with Gasteiger partial charge in [0.25, 0.3) is 11.7 Å². The molecule has 3 aromatic rings. The van der Waals surface area contributed by atoms with E-state index in [9.17, 15) is 14.7 Å². The maximum absolute atomic E-state index is 13.2. The van der Waals surface area contributed by atoms with Gasteiger partial charge >= 0.3 is 0 Å². The van der Waals surface area contributed by atoms with E-state index >= 15 is 0 Å². The van der Waals surface area contributed by atoms with Crippen LogP contribution in [-0.4, -0.2) is 33.3 Å². The lowest BCUT2D eigenvalue weighted by Crippen LogP contribution is -2.29. The van der Waals surface area contributed by atoms with Gasteiger partial charge in [0.1, 0.15) is 11.5 Å². The minimum atomic E-state index is -0.694. The van der Waals surface area contributed by atoms with Gasteiger partial charge in [0.2, 0.25) is 0 Å². The molecule has 2 aromatic carbocycles. The number of nitrogens with zero attached hydrogens (tertiary/aromatic N) is 2. The average Bonchev–Trinajstić information content (AvgIpc) is 3.38. The molecule has 5 rings (SSSR count). The van der Waals surface area contributed by atoms with Gasteiger partial charge in [-0.1, -0.05) is 30.3 Å². The fraction of sp³-hybridized carbons (Fsp3) is 0.192. The second-order valence-electron chi connectivity index (χ2n) is 8.07. The van der Waals surface area contributed by atoms with E-state index in [1.165, 1.54) is 4.90 Å². The van der Waals surface area contributed by atoms with Crippen molar-refractivity contribution in [3.63, 3.8) is 0 Å². The van der Waals surface area contributed by atoms with Crippen LogP contribution in [0.4, 0.5) is 0 Å². The van der Waals surface area contributed by atoms with Crippen LogP contribution in [0.5, 0.6) is 5.75 Å². The number of carbonyl (C=O) groups excluding carboxylic acids is 2. The van der Waals surface area contributed by atoms with Gasteiger partial charge in [0.05, 0.1) is 18.2 Å². The van der Waals surface area contributed by atoms with Crippen LogP contribution in [0.2, 0.25) is 0 Å². The molecule has 3 heterocycles. The fourth-order valence-electron chi connectivity index (χ4n) is 4.44. The van der Waals surface area contributed by atoms with Crippen LogP contribution in [0.15, 0.2) is 72.6 Å². The summed E-state index contributed by atoms with van der Waals surface area (Å²) in [5, 5.41) is 11.3. The summed E-state index contributed by atoms with van der Waals surface area (Å²) in [6.45, 7) is 2.75. The highest BCUT2D eigenvalue weighted by atomic mass is 16.5. The Kier molecular flexibility index (Phi) is 4.98. The number of aromatic nitrogens is 1. The number of carbonyl (C=O) groups is 2. The predicted molar refractivity (Wildman–Crippen MR) is 119 cm³/mol. The highest BCUT2D eigenvalue weighted by molar-refractivity contribution is 6.46. The molecule has 1 saturated heterocycles. The van der Waals surface area contributed by atoms with E-state index in [2.05, 4.69) is 4.98 Å². The molecule has 32 heavy (non-hydrogen) atoms. The van der Waals surface area contributed by atoms with Gasteiger partial charge in [0.15, 0.2) is 0 Å². The second kappa shape index (κ2) is 7.96. The van der Waals surface area contributed by atoms with Crippen molar-refractivity contribution in [3.8, 4) is 5.75 Å². The lowest BCUT2D eigenvalue weighted by molar-refractivity contribution is -0.140. The number of ketones is 1. The number of amides is 1. The Morgan fingerprint density at radius 2 is 2.00 bits per heavy atom. The van der Waals surface area contributed by atoms with Gasteiger partial charge in [-0.05, 0) is 53.4 Å². The Morgan fingerprint density at radius 3 is 2.78 bits per heavy atom. The van der Waals surface area contributed by atoms with Crippen molar-refractivity contribution in [3.05, 3.63) is 100 Å². The molecule has 1 aromatic heterocycles. The van der Waals surface area contributed by atoms with Crippen LogP contribution in [0.1, 0.15) is 33.9 Å². The molecule has 1 atom stereocenters. The van der Waals surface area contributed by atoms with E-state index in [1.54, 1.807) is 30.6 Å². The summed E-state index contributed by atoms with van der Waals surface area (Å²) in [6, 6.07) is 15.9. The number of rotatable bonds is 4. The van der Waals surface area contributed by atoms with Crippen LogP contribution in [0.3, 0.4) is 0 Å². The van der Waals surface area contributed by atoms with Crippen molar-refractivity contribution in [2.24, 2.45) is 0 Å². The molecule has 0 aliphatic carbocycles. The number of ether oxygens (including phenoxy) is 1. The van der Waals surface area contributed by atoms with Gasteiger partial charge in [0, 0.05) is 30.9 Å². The van der Waals surface area contributed by atoms with E-state index in [-0.39, 0.29) is 17.9 Å². The van der Waals surface area contributed by atoms with Crippen LogP contribution >= 0.6 is 0 Å². The summed E-state index contributed by atoms with van der Waals surface area (Å²) in [5.41, 5.74) is 4.14. The molecule has 0 bridgehead atoms. The lowest BCUT2D eigenvalue weighted by atomic mass is 9.92. The number of fused-ring (bicyclic) bond motifs is 1. The molecule has 2 aliphatic heterocycles. The van der Waals surface area contributed by atoms with Gasteiger partial charge in [-0.25, -0.2) is 0 Å². The zero-order chi connectivity index (χ0) is 22.2. The van der Waals surface area contributed by atoms with Crippen LogP contribution < -0.4 is 4.74 Å². The van der Waals surface area contributed by atoms with Gasteiger partial charge in [-0.2, -0.15) is 0 Å². The van der Waals surface area contributed by atoms with Crippen molar-refractivity contribution in [1.29, 1.82) is 0 Å². The second-order valence-corrected chi connectivity index (χ2v) is 8.07. The summed E-state index contributed by atoms with van der Waals surface area (Å²) >= 11 is 0. The third-order valence-corrected chi connectivity index (χ3v) is 6.06. The number of benzene rings is 2. The summed E-state index contributed by atoms with van der Waals surface area (Å²) in [5.74, 6) is -0.696. The zero-order valence-corrected chi connectivity index (χ0v) is 17.6. The third kappa shape index (κ3) is 3.34. The third-order valence-electron chi connectivity index (χ3n) is 6.06. The predicted octanol–water partition coefficient (Wildman–Crippen LogP) is 3.95. The molecular formula is C26H22N2O4. The zero-order valence-electron chi connectivity index (χ0n) is 17.6. The molecule has 0 radical (unpaired) electrons. The van der Waals surface area contributed by atoms with E-state index in [4.69, 9.17) is 4.74 Å². The van der Waals surface area contributed by atoms with Gasteiger partial charge in [-0.3, -0.25) is 14.6 Å². The summed E-state index contributed by atoms with van der Waals surface area (Å²) in [6.07, 6.45) is 4.08. The minimum Gasteiger partial charge on any atom is -0.507 e. The first-order valence-electron chi connectivity index (χ1n) is 10.5. The number of aryl methyl sites for hydroxylation is 1. The van der Waals surface area contributed by atoms with E-state index < -0.39 is 17.7 Å². The summed E-state index contributed by atoms with van der Waals surface area (Å²) in [4.78, 5) is 32.0. The minimum absolute atomic E-state index is 0.104. The molecule has 1 fully saturated rings. The molecule has 160 valence electrons. The number of aliphatic hydroxyl groups excluding tert-OH is 1. The highest BCUT2D eigenvalue weighted by Gasteiger charge is 2.46. The number of likely N-dealkylation sites (tertiary alicyclic amines) is 1. The Labute approximate surface area is 185 Å². The van der Waals surface area contributed by atoms with Crippen LogP contribution in [0, 0.1) is 6.92 Å². The van der Waals surface area contributed by atoms with Crippen LogP contribution in [0.25, 0.3) is 5.76 Å². The molecule has 1 unspecified atom stereocenters. The average molecular weight is 426 g/mol. The molecule has 0 saturated carbocycles. The SMILES string of the molecule is Cc1ccccc1C1/C(=C(\O)c2ccc3c(c2)CCO3)C(=O)C(=O)N1Cc1cccnc1. The standard InChI is InChI=1S/C26H22N2O4/c1-16-5-2-3-7-20(16)23-22(24(29)19-8-9-21-18(13-19)10-12-32-21)25(30)26(31)28(23)15-17-6-4-11-27-14-17/h2-9,11,13-14,23,29H,10,12,15H2,1H3/b24-22+. The number of Topliss-reactive ketones (excluding diaryl/α,β-unsaturated/α-hetero) is 1. The van der Waals surface area contributed by atoms with Crippen molar-refractivity contribution in [2.75, 3.05) is 6.61 Å². The van der Waals surface area contributed by atoms with Crippen molar-refractivity contribution in [1.82, 2.24) is 9.88 Å². The smallest absolute Gasteiger partial charge is 0.295 e. The molecule has 0 spiro atoms. The van der Waals surface area contributed by atoms with Gasteiger partial charge < -0.3 is 14.7 Å². The summed E-state index contributed by atoms with van der Waals surface area (Å²) < 4.78 is 5.55. The first kappa shape index (κ1) is 20.0. The Bertz CT molecular complexity index is 1250. The monoisotopic (exact) mass is 426 g/mol. The number of hydrogen-bond donors (Lipinski definition) is 1. The number of hydrogen-bond acceptors (Lipinski definition) is 5. The van der Waals surface area contributed by atoms with E-state index in [0.29, 0.717) is 12.2 Å². The highest BCUT2D eigenvalue weighted by Crippen LogP contribution is 2.42. The normalized spacial score (nSPS) is 19.2. The summed E-state index contributed by atoms with van der Waals surface area (Å²) in [7, 11) is 0. The largest absolute Gasteiger partial charge is 0.507 e. The molecule has 1 amide bonds. The van der Waals surface area contributed by atoms with Crippen molar-refractivity contribution >= 4 is 17.4 Å². The molecule has 2 aliphatic rings. The quantitative estimate of drug-likeness (QED) is 0.388. The fourth-order valence-corrected chi connectivity index (χ4v) is 4.44. The number of pyridine rings is 1. The van der Waals surface area contributed by atoms with E-state index in [1.807, 2.05) is 43.3 Å². The first-order valence-corrected chi connectivity index (χ1v) is 10.5. The maximum atomic E-state index is 13.2. The topological polar surface area (TPSA) is 79.7 Å². The van der Waals surface area contributed by atoms with Crippen LogP contribution in [-0.2, 0) is 22.6 Å².